The van der Waals surface area contributed by atoms with E-state index in [1.807, 2.05) is 6.07 Å². The number of hydrogen-bond acceptors (Lipinski definition) is 4. The number of thiophene rings is 1. The summed E-state index contributed by atoms with van der Waals surface area (Å²) in [5, 5.41) is 12.6. The van der Waals surface area contributed by atoms with Gasteiger partial charge < -0.3 is 5.32 Å². The molecular weight excluding hydrogens is 292 g/mol. The number of nitrogens with one attached hydrogen (secondary N) is 1. The normalized spacial score (nSPS) is 14.4. The van der Waals surface area contributed by atoms with E-state index in [4.69, 9.17) is 0 Å². The van der Waals surface area contributed by atoms with E-state index in [-0.39, 0.29) is 5.78 Å². The summed E-state index contributed by atoms with van der Waals surface area (Å²) in [5.74, 6) is 0.154. The molecule has 0 aliphatic heterocycles. The van der Waals surface area contributed by atoms with Gasteiger partial charge in [0.25, 0.3) is 0 Å². The van der Waals surface area contributed by atoms with Gasteiger partial charge in [0.1, 0.15) is 10.9 Å². The van der Waals surface area contributed by atoms with Crippen LogP contribution in [0.5, 0.6) is 0 Å². The Morgan fingerprint density at radius 2 is 2.00 bits per heavy atom. The van der Waals surface area contributed by atoms with Crippen molar-refractivity contribution in [1.29, 1.82) is 5.26 Å². The molecule has 1 N–H and O–H groups in total. The molecule has 1 aliphatic carbocycles. The van der Waals surface area contributed by atoms with Crippen molar-refractivity contribution in [3.63, 3.8) is 0 Å². The second kappa shape index (κ2) is 6.17. The lowest BCUT2D eigenvalue weighted by Gasteiger charge is -2.13. The molecule has 0 unspecified atom stereocenters. The maximum Gasteiger partial charge on any atom is 0.157 e. The molecule has 0 amide bonds. The molecule has 3 nitrogen and oxygen atoms in total. The Morgan fingerprint density at radius 3 is 2.68 bits per heavy atom. The second-order valence-corrected chi connectivity index (χ2v) is 6.50. The van der Waals surface area contributed by atoms with Gasteiger partial charge in [0, 0.05) is 23.1 Å². The summed E-state index contributed by atoms with van der Waals surface area (Å²) < 4.78 is 0. The van der Waals surface area contributed by atoms with Crippen LogP contribution in [0.4, 0.5) is 5.69 Å². The number of carbonyl (C=O) groups is 1. The highest BCUT2D eigenvalue weighted by molar-refractivity contribution is 7.16. The average molecular weight is 308 g/mol. The zero-order valence-corrected chi connectivity index (χ0v) is 13.2. The molecule has 0 bridgehead atoms. The SMILES string of the molecule is Cc1ccc(-c2cc(NC3=CC(=O)CCC3)c(C#N)s2)cc1. The van der Waals surface area contributed by atoms with Crippen LogP contribution in [0.15, 0.2) is 42.1 Å². The molecule has 0 saturated heterocycles. The number of allylic oxidation sites excluding steroid dienone is 2. The van der Waals surface area contributed by atoms with E-state index >= 15 is 0 Å². The van der Waals surface area contributed by atoms with Gasteiger partial charge in [-0.05, 0) is 31.4 Å². The van der Waals surface area contributed by atoms with Crippen LogP contribution in [-0.4, -0.2) is 5.78 Å². The molecule has 0 atom stereocenters. The molecule has 1 aliphatic rings. The lowest BCUT2D eigenvalue weighted by Crippen LogP contribution is -2.09. The lowest BCUT2D eigenvalue weighted by atomic mass is 10.0. The van der Waals surface area contributed by atoms with E-state index in [2.05, 4.69) is 42.6 Å². The summed E-state index contributed by atoms with van der Waals surface area (Å²) in [4.78, 5) is 13.2. The minimum absolute atomic E-state index is 0.154. The summed E-state index contributed by atoms with van der Waals surface area (Å²) >= 11 is 1.47. The van der Waals surface area contributed by atoms with Crippen molar-refractivity contribution in [2.75, 3.05) is 5.32 Å². The standard InChI is InChI=1S/C18H16N2OS/c1-12-5-7-13(8-6-12)17-10-16(18(11-19)22-17)20-14-3-2-4-15(21)9-14/h5-10,20H,2-4H2,1H3. The fraction of sp³-hybridized carbons (Fsp3) is 0.222. The van der Waals surface area contributed by atoms with Crippen molar-refractivity contribution in [2.24, 2.45) is 0 Å². The Morgan fingerprint density at radius 1 is 1.23 bits per heavy atom. The zero-order chi connectivity index (χ0) is 15.5. The molecule has 3 rings (SSSR count). The number of aryl methyl sites for hydroxylation is 1. The Balaban J connectivity index is 1.90. The van der Waals surface area contributed by atoms with Crippen LogP contribution in [-0.2, 0) is 4.79 Å². The predicted octanol–water partition coefficient (Wildman–Crippen LogP) is 4.64. The topological polar surface area (TPSA) is 52.9 Å². The number of ketones is 1. The third kappa shape index (κ3) is 3.10. The molecule has 2 aromatic rings. The highest BCUT2D eigenvalue weighted by Gasteiger charge is 2.14. The van der Waals surface area contributed by atoms with Crippen LogP contribution < -0.4 is 5.32 Å². The number of benzene rings is 1. The largest absolute Gasteiger partial charge is 0.357 e. The smallest absolute Gasteiger partial charge is 0.157 e. The van der Waals surface area contributed by atoms with Crippen LogP contribution >= 0.6 is 11.3 Å². The van der Waals surface area contributed by atoms with Gasteiger partial charge in [-0.25, -0.2) is 0 Å². The van der Waals surface area contributed by atoms with Crippen LogP contribution in [0.25, 0.3) is 10.4 Å². The maximum atomic E-state index is 11.5. The van der Waals surface area contributed by atoms with Gasteiger partial charge in [-0.1, -0.05) is 29.8 Å². The van der Waals surface area contributed by atoms with Gasteiger partial charge >= 0.3 is 0 Å². The quantitative estimate of drug-likeness (QED) is 0.898. The molecule has 0 fully saturated rings. The fourth-order valence-electron chi connectivity index (χ4n) is 2.49. The number of nitrogens with zero attached hydrogens (tertiary/aromatic N) is 1. The van der Waals surface area contributed by atoms with Crippen molar-refractivity contribution >= 4 is 22.8 Å². The molecule has 0 radical (unpaired) electrons. The number of hydrogen-bond donors (Lipinski definition) is 1. The van der Waals surface area contributed by atoms with E-state index < -0.39 is 0 Å². The second-order valence-electron chi connectivity index (χ2n) is 5.45. The first-order chi connectivity index (χ1) is 10.7. The first-order valence-electron chi connectivity index (χ1n) is 7.27. The van der Waals surface area contributed by atoms with Crippen molar-refractivity contribution in [2.45, 2.75) is 26.2 Å². The Hall–Kier alpha value is -2.38. The maximum absolute atomic E-state index is 11.5. The minimum atomic E-state index is 0.154. The Bertz CT molecular complexity index is 778. The van der Waals surface area contributed by atoms with Crippen LogP contribution in [0.3, 0.4) is 0 Å². The van der Waals surface area contributed by atoms with E-state index in [1.54, 1.807) is 6.08 Å². The van der Waals surface area contributed by atoms with E-state index in [9.17, 15) is 10.1 Å². The molecule has 1 heterocycles. The average Bonchev–Trinajstić information content (AvgIpc) is 2.91. The van der Waals surface area contributed by atoms with Crippen LogP contribution in [0.2, 0.25) is 0 Å². The van der Waals surface area contributed by atoms with Gasteiger partial charge in [0.15, 0.2) is 5.78 Å². The first-order valence-corrected chi connectivity index (χ1v) is 8.09. The van der Waals surface area contributed by atoms with Crippen molar-refractivity contribution in [1.82, 2.24) is 0 Å². The van der Waals surface area contributed by atoms with Gasteiger partial charge in [-0.2, -0.15) is 5.26 Å². The molecule has 4 heteroatoms. The Kier molecular flexibility index (Phi) is 4.08. The summed E-state index contributed by atoms with van der Waals surface area (Å²) in [7, 11) is 0. The van der Waals surface area contributed by atoms with Gasteiger partial charge in [0.05, 0.1) is 5.69 Å². The van der Waals surface area contributed by atoms with Crippen LogP contribution in [0, 0.1) is 18.3 Å². The molecule has 110 valence electrons. The highest BCUT2D eigenvalue weighted by Crippen LogP contribution is 2.35. The molecule has 0 saturated carbocycles. The monoisotopic (exact) mass is 308 g/mol. The zero-order valence-electron chi connectivity index (χ0n) is 12.3. The number of carbonyl (C=O) groups excluding carboxylic acids is 1. The van der Waals surface area contributed by atoms with E-state index in [0.29, 0.717) is 11.3 Å². The molecular formula is C18H16N2OS. The summed E-state index contributed by atoms with van der Waals surface area (Å²) in [6.45, 7) is 2.05. The van der Waals surface area contributed by atoms with E-state index in [0.717, 1.165) is 34.7 Å². The first kappa shape index (κ1) is 14.6. The van der Waals surface area contributed by atoms with Gasteiger partial charge in [-0.15, -0.1) is 11.3 Å². The van der Waals surface area contributed by atoms with Crippen LogP contribution in [0.1, 0.15) is 29.7 Å². The van der Waals surface area contributed by atoms with Crippen molar-refractivity contribution in [3.8, 4) is 16.5 Å². The highest BCUT2D eigenvalue weighted by atomic mass is 32.1. The van der Waals surface area contributed by atoms with Crippen molar-refractivity contribution < 1.29 is 4.79 Å². The molecule has 1 aromatic carbocycles. The lowest BCUT2D eigenvalue weighted by molar-refractivity contribution is -0.115. The number of anilines is 1. The minimum Gasteiger partial charge on any atom is -0.357 e. The number of rotatable bonds is 3. The fourth-order valence-corrected chi connectivity index (χ4v) is 3.41. The third-order valence-corrected chi connectivity index (χ3v) is 4.76. The molecule has 0 spiro atoms. The molecule has 1 aromatic heterocycles. The molecule has 22 heavy (non-hydrogen) atoms. The summed E-state index contributed by atoms with van der Waals surface area (Å²) in [6, 6.07) is 12.5. The summed E-state index contributed by atoms with van der Waals surface area (Å²) in [6.07, 6.45) is 4.00. The van der Waals surface area contributed by atoms with Gasteiger partial charge in [0.2, 0.25) is 0 Å². The Labute approximate surface area is 133 Å². The third-order valence-electron chi connectivity index (χ3n) is 3.67. The van der Waals surface area contributed by atoms with Crippen molar-refractivity contribution in [3.05, 3.63) is 52.5 Å². The predicted molar refractivity (Wildman–Crippen MR) is 89.8 cm³/mol. The van der Waals surface area contributed by atoms with E-state index in [1.165, 1.54) is 16.9 Å². The van der Waals surface area contributed by atoms with Gasteiger partial charge in [-0.3, -0.25) is 4.79 Å². The number of nitriles is 1. The summed E-state index contributed by atoms with van der Waals surface area (Å²) in [5.41, 5.74) is 4.02.